The van der Waals surface area contributed by atoms with Crippen molar-refractivity contribution < 1.29 is 14.4 Å². The number of benzene rings is 1. The van der Waals surface area contributed by atoms with E-state index in [1.54, 1.807) is 31.2 Å². The van der Waals surface area contributed by atoms with Gasteiger partial charge >= 0.3 is 6.03 Å². The number of halogens is 1. The fraction of sp³-hybridized carbons (Fsp3) is 0.526. The van der Waals surface area contributed by atoms with E-state index in [0.717, 1.165) is 30.6 Å². The van der Waals surface area contributed by atoms with Crippen molar-refractivity contribution >= 4 is 29.4 Å². The summed E-state index contributed by atoms with van der Waals surface area (Å²) in [6.07, 6.45) is 3.92. The number of nitrogens with zero attached hydrogens (tertiary/aromatic N) is 2. The molecule has 2 saturated heterocycles. The molecule has 4 amide bonds. The Morgan fingerprint density at radius 1 is 1.31 bits per heavy atom. The van der Waals surface area contributed by atoms with Crippen LogP contribution in [0.1, 0.15) is 45.1 Å². The number of hydrogen-bond acceptors (Lipinski definition) is 3. The lowest BCUT2D eigenvalue weighted by Gasteiger charge is -2.36. The standard InChI is InChI=1S/C19H24ClN3O3/c1-3-13-8-6-7-11-22(13)16(24)12-23-17(25)19(2,21-18(23)26)14-9-4-5-10-15(14)20/h4-5,9-10,13H,3,6-8,11-12H2,1-2H3,(H,21,26)/t13-,19-/m1/s1. The normalized spacial score (nSPS) is 26.2. The Balaban J connectivity index is 1.79. The molecule has 2 aliphatic heterocycles. The van der Waals surface area contributed by atoms with Crippen molar-refractivity contribution in [2.45, 2.75) is 51.1 Å². The molecule has 1 aromatic rings. The first-order valence-corrected chi connectivity index (χ1v) is 9.45. The highest BCUT2D eigenvalue weighted by atomic mass is 35.5. The molecule has 3 rings (SSSR count). The van der Waals surface area contributed by atoms with Gasteiger partial charge in [-0.3, -0.25) is 14.5 Å². The molecule has 0 aromatic heterocycles. The third kappa shape index (κ3) is 3.18. The summed E-state index contributed by atoms with van der Waals surface area (Å²) in [7, 11) is 0. The van der Waals surface area contributed by atoms with Gasteiger partial charge < -0.3 is 10.2 Å². The van der Waals surface area contributed by atoms with Gasteiger partial charge in [-0.15, -0.1) is 0 Å². The third-order valence-corrected chi connectivity index (χ3v) is 5.73. The lowest BCUT2D eigenvalue weighted by atomic mass is 9.92. The van der Waals surface area contributed by atoms with Crippen molar-refractivity contribution in [1.82, 2.24) is 15.1 Å². The Bertz CT molecular complexity index is 738. The van der Waals surface area contributed by atoms with E-state index in [4.69, 9.17) is 11.6 Å². The summed E-state index contributed by atoms with van der Waals surface area (Å²) in [6, 6.07) is 6.54. The second-order valence-electron chi connectivity index (χ2n) is 7.07. The van der Waals surface area contributed by atoms with E-state index in [0.29, 0.717) is 17.1 Å². The van der Waals surface area contributed by atoms with Crippen LogP contribution in [0, 0.1) is 0 Å². The van der Waals surface area contributed by atoms with Crippen LogP contribution in [-0.2, 0) is 15.1 Å². The second-order valence-corrected chi connectivity index (χ2v) is 7.48. The van der Waals surface area contributed by atoms with E-state index in [2.05, 4.69) is 12.2 Å². The number of nitrogens with one attached hydrogen (secondary N) is 1. The van der Waals surface area contributed by atoms with Gasteiger partial charge in [0.25, 0.3) is 5.91 Å². The highest BCUT2D eigenvalue weighted by molar-refractivity contribution is 6.32. The largest absolute Gasteiger partial charge is 0.338 e. The average Bonchev–Trinajstić information content (AvgIpc) is 2.85. The van der Waals surface area contributed by atoms with E-state index in [1.807, 2.05) is 4.90 Å². The maximum atomic E-state index is 13.0. The maximum Gasteiger partial charge on any atom is 0.325 e. The summed E-state index contributed by atoms with van der Waals surface area (Å²) < 4.78 is 0. The Morgan fingerprint density at radius 3 is 2.73 bits per heavy atom. The third-order valence-electron chi connectivity index (χ3n) is 5.40. The molecule has 2 aliphatic rings. The molecule has 6 nitrogen and oxygen atoms in total. The predicted octanol–water partition coefficient (Wildman–Crippen LogP) is 2.90. The minimum absolute atomic E-state index is 0.177. The van der Waals surface area contributed by atoms with Gasteiger partial charge in [-0.2, -0.15) is 0 Å². The average molecular weight is 378 g/mol. The molecule has 0 aliphatic carbocycles. The molecule has 1 N–H and O–H groups in total. The lowest BCUT2D eigenvalue weighted by molar-refractivity contribution is -0.141. The summed E-state index contributed by atoms with van der Waals surface area (Å²) in [5.74, 6) is -0.627. The number of carbonyl (C=O) groups excluding carboxylic acids is 3. The SMILES string of the molecule is CC[C@@H]1CCCCN1C(=O)CN1C(=O)N[C@](C)(c2ccccc2Cl)C1=O. The molecule has 1 aromatic carbocycles. The second kappa shape index (κ2) is 7.27. The zero-order valence-electron chi connectivity index (χ0n) is 15.1. The summed E-state index contributed by atoms with van der Waals surface area (Å²) in [5, 5.41) is 3.10. The van der Waals surface area contributed by atoms with Crippen LogP contribution in [0.25, 0.3) is 0 Å². The first-order valence-electron chi connectivity index (χ1n) is 9.07. The van der Waals surface area contributed by atoms with Crippen LogP contribution in [0.2, 0.25) is 5.02 Å². The Morgan fingerprint density at radius 2 is 2.04 bits per heavy atom. The molecule has 7 heteroatoms. The number of rotatable bonds is 4. The van der Waals surface area contributed by atoms with Crippen molar-refractivity contribution in [3.8, 4) is 0 Å². The first kappa shape index (κ1) is 18.7. The summed E-state index contributed by atoms with van der Waals surface area (Å²) >= 11 is 6.22. The molecule has 2 atom stereocenters. The van der Waals surface area contributed by atoms with E-state index in [1.165, 1.54) is 0 Å². The van der Waals surface area contributed by atoms with Crippen LogP contribution < -0.4 is 5.32 Å². The van der Waals surface area contributed by atoms with Gasteiger partial charge in [0.15, 0.2) is 0 Å². The number of urea groups is 1. The van der Waals surface area contributed by atoms with Gasteiger partial charge in [0.2, 0.25) is 5.91 Å². The zero-order chi connectivity index (χ0) is 18.9. The molecular weight excluding hydrogens is 354 g/mol. The van der Waals surface area contributed by atoms with Crippen LogP contribution in [0.4, 0.5) is 4.79 Å². The number of hydrogen-bond donors (Lipinski definition) is 1. The topological polar surface area (TPSA) is 69.7 Å². The van der Waals surface area contributed by atoms with Crippen molar-refractivity contribution in [2.24, 2.45) is 0 Å². The number of likely N-dealkylation sites (tertiary alicyclic amines) is 1. The van der Waals surface area contributed by atoms with Crippen molar-refractivity contribution in [1.29, 1.82) is 0 Å². The van der Waals surface area contributed by atoms with Crippen molar-refractivity contribution in [3.63, 3.8) is 0 Å². The molecule has 2 fully saturated rings. The number of amides is 4. The molecule has 2 heterocycles. The molecule has 0 saturated carbocycles. The summed E-state index contributed by atoms with van der Waals surface area (Å²) in [6.45, 7) is 4.12. The number of piperidine rings is 1. The highest BCUT2D eigenvalue weighted by Crippen LogP contribution is 2.33. The quantitative estimate of drug-likeness (QED) is 0.820. The Labute approximate surface area is 158 Å². The molecule has 0 radical (unpaired) electrons. The number of carbonyl (C=O) groups is 3. The van der Waals surface area contributed by atoms with E-state index in [9.17, 15) is 14.4 Å². The zero-order valence-corrected chi connectivity index (χ0v) is 15.9. The van der Waals surface area contributed by atoms with Gasteiger partial charge in [-0.25, -0.2) is 4.79 Å². The minimum Gasteiger partial charge on any atom is -0.338 e. The molecule has 26 heavy (non-hydrogen) atoms. The predicted molar refractivity (Wildman–Crippen MR) is 98.7 cm³/mol. The monoisotopic (exact) mass is 377 g/mol. The number of imide groups is 1. The Hall–Kier alpha value is -2.08. The van der Waals surface area contributed by atoms with Gasteiger partial charge in [0.1, 0.15) is 12.1 Å². The van der Waals surface area contributed by atoms with Crippen LogP contribution >= 0.6 is 11.6 Å². The van der Waals surface area contributed by atoms with Crippen LogP contribution in [-0.4, -0.2) is 46.8 Å². The van der Waals surface area contributed by atoms with Gasteiger partial charge in [0.05, 0.1) is 0 Å². The maximum absolute atomic E-state index is 13.0. The van der Waals surface area contributed by atoms with Gasteiger partial charge in [-0.05, 0) is 38.7 Å². The van der Waals surface area contributed by atoms with E-state index >= 15 is 0 Å². The molecule has 0 bridgehead atoms. The first-order chi connectivity index (χ1) is 12.4. The van der Waals surface area contributed by atoms with Gasteiger partial charge in [-0.1, -0.05) is 36.7 Å². The van der Waals surface area contributed by atoms with Crippen molar-refractivity contribution in [3.05, 3.63) is 34.9 Å². The summed E-state index contributed by atoms with van der Waals surface area (Å²) in [5.41, 5.74) is -0.735. The molecule has 140 valence electrons. The lowest BCUT2D eigenvalue weighted by Crippen LogP contribution is -2.49. The van der Waals surface area contributed by atoms with Crippen molar-refractivity contribution in [2.75, 3.05) is 13.1 Å². The Kier molecular flexibility index (Phi) is 5.23. The van der Waals surface area contributed by atoms with Gasteiger partial charge in [0, 0.05) is 23.2 Å². The van der Waals surface area contributed by atoms with Crippen LogP contribution in [0.5, 0.6) is 0 Å². The van der Waals surface area contributed by atoms with E-state index < -0.39 is 17.5 Å². The molecule has 0 unspecified atom stereocenters. The van der Waals surface area contributed by atoms with Crippen LogP contribution in [0.3, 0.4) is 0 Å². The fourth-order valence-electron chi connectivity index (χ4n) is 3.87. The summed E-state index contributed by atoms with van der Waals surface area (Å²) in [4.78, 5) is 41.0. The smallest absolute Gasteiger partial charge is 0.325 e. The molecular formula is C19H24ClN3O3. The minimum atomic E-state index is -1.26. The highest BCUT2D eigenvalue weighted by Gasteiger charge is 2.50. The fourth-order valence-corrected chi connectivity index (χ4v) is 4.19. The van der Waals surface area contributed by atoms with E-state index in [-0.39, 0.29) is 18.5 Å². The van der Waals surface area contributed by atoms with Crippen LogP contribution in [0.15, 0.2) is 24.3 Å². The molecule has 0 spiro atoms.